The Labute approximate surface area is 181 Å². The molecule has 0 saturated carbocycles. The van der Waals surface area contributed by atoms with E-state index >= 15 is 0 Å². The number of ether oxygens (including phenoxy) is 2. The lowest BCUT2D eigenvalue weighted by molar-refractivity contribution is 0.101. The Morgan fingerprint density at radius 1 is 0.968 bits per heavy atom. The molecule has 156 valence electrons. The highest BCUT2D eigenvalue weighted by atomic mass is 16.5. The molecule has 0 saturated heterocycles. The number of aromatic nitrogens is 2. The molecule has 3 aromatic carbocycles. The fourth-order valence-corrected chi connectivity index (χ4v) is 3.15. The molecule has 0 spiro atoms. The third-order valence-electron chi connectivity index (χ3n) is 4.76. The first-order chi connectivity index (χ1) is 15.1. The van der Waals surface area contributed by atoms with Crippen LogP contribution in [0, 0.1) is 6.92 Å². The minimum Gasteiger partial charge on any atom is -0.493 e. The second-order valence-corrected chi connectivity index (χ2v) is 7.05. The van der Waals surface area contributed by atoms with Gasteiger partial charge in [0.2, 0.25) is 0 Å². The van der Waals surface area contributed by atoms with Gasteiger partial charge in [0.05, 0.1) is 24.7 Å². The van der Waals surface area contributed by atoms with Gasteiger partial charge in [0.1, 0.15) is 12.4 Å². The van der Waals surface area contributed by atoms with Crippen LogP contribution in [0.1, 0.15) is 21.6 Å². The van der Waals surface area contributed by atoms with E-state index in [-0.39, 0.29) is 11.6 Å². The standard InChI is InChI=1S/C25H23N3O3/c1-18-13-14-21(22(15-18)31-17-19-9-5-3-6-10-19)26-25(29)24-23(30-2)16-28(27-24)20-11-7-4-8-12-20/h3-16H,17H2,1-2H3,(H,26,29). The van der Waals surface area contributed by atoms with E-state index < -0.39 is 0 Å². The fraction of sp³-hybridized carbons (Fsp3) is 0.120. The first-order valence-electron chi connectivity index (χ1n) is 9.92. The molecular weight excluding hydrogens is 390 g/mol. The molecule has 0 aliphatic heterocycles. The number of benzene rings is 3. The number of nitrogens with one attached hydrogen (secondary N) is 1. The Kier molecular flexibility index (Phi) is 5.98. The average Bonchev–Trinajstić information content (AvgIpc) is 3.25. The van der Waals surface area contributed by atoms with Crippen LogP contribution in [0.2, 0.25) is 0 Å². The van der Waals surface area contributed by atoms with Crippen LogP contribution >= 0.6 is 0 Å². The third-order valence-corrected chi connectivity index (χ3v) is 4.76. The van der Waals surface area contributed by atoms with Crippen LogP contribution in [0.4, 0.5) is 5.69 Å². The monoisotopic (exact) mass is 413 g/mol. The van der Waals surface area contributed by atoms with E-state index in [1.54, 1.807) is 10.9 Å². The summed E-state index contributed by atoms with van der Waals surface area (Å²) < 4.78 is 13.0. The van der Waals surface area contributed by atoms with Crippen LogP contribution in [0.15, 0.2) is 85.1 Å². The first-order valence-corrected chi connectivity index (χ1v) is 9.92. The van der Waals surface area contributed by atoms with E-state index in [0.29, 0.717) is 23.8 Å². The van der Waals surface area contributed by atoms with Gasteiger partial charge in [0.15, 0.2) is 11.4 Å². The molecule has 1 aromatic heterocycles. The Morgan fingerprint density at radius 2 is 1.68 bits per heavy atom. The maximum atomic E-state index is 13.0. The number of carbonyl (C=O) groups excluding carboxylic acids is 1. The number of amides is 1. The van der Waals surface area contributed by atoms with E-state index in [4.69, 9.17) is 9.47 Å². The van der Waals surface area contributed by atoms with Crippen molar-refractivity contribution in [1.29, 1.82) is 0 Å². The van der Waals surface area contributed by atoms with Crippen molar-refractivity contribution in [3.63, 3.8) is 0 Å². The second kappa shape index (κ2) is 9.17. The predicted octanol–water partition coefficient (Wildman–Crippen LogP) is 5.02. The number of methoxy groups -OCH3 is 1. The highest BCUT2D eigenvalue weighted by molar-refractivity contribution is 6.05. The van der Waals surface area contributed by atoms with Gasteiger partial charge < -0.3 is 14.8 Å². The number of anilines is 1. The number of hydrogen-bond acceptors (Lipinski definition) is 4. The highest BCUT2D eigenvalue weighted by Gasteiger charge is 2.20. The summed E-state index contributed by atoms with van der Waals surface area (Å²) in [7, 11) is 1.52. The molecule has 6 heteroatoms. The maximum Gasteiger partial charge on any atom is 0.280 e. The zero-order chi connectivity index (χ0) is 21.6. The third kappa shape index (κ3) is 4.75. The molecule has 0 atom stereocenters. The van der Waals surface area contributed by atoms with Gasteiger partial charge in [0, 0.05) is 0 Å². The summed E-state index contributed by atoms with van der Waals surface area (Å²) in [5.74, 6) is 0.610. The van der Waals surface area contributed by atoms with Gasteiger partial charge in [0.25, 0.3) is 5.91 Å². The zero-order valence-corrected chi connectivity index (χ0v) is 17.4. The SMILES string of the molecule is COc1cn(-c2ccccc2)nc1C(=O)Nc1ccc(C)cc1OCc1ccccc1. The maximum absolute atomic E-state index is 13.0. The van der Waals surface area contributed by atoms with Crippen molar-refractivity contribution in [1.82, 2.24) is 9.78 Å². The van der Waals surface area contributed by atoms with Crippen molar-refractivity contribution in [2.75, 3.05) is 12.4 Å². The summed E-state index contributed by atoms with van der Waals surface area (Å²) in [5, 5.41) is 7.34. The summed E-state index contributed by atoms with van der Waals surface area (Å²) in [6.45, 7) is 2.38. The number of para-hydroxylation sites is 1. The van der Waals surface area contributed by atoms with E-state index in [2.05, 4.69) is 10.4 Å². The first kappa shape index (κ1) is 20.2. The van der Waals surface area contributed by atoms with Crippen molar-refractivity contribution < 1.29 is 14.3 Å². The van der Waals surface area contributed by atoms with Crippen LogP contribution in [-0.4, -0.2) is 22.8 Å². The van der Waals surface area contributed by atoms with Crippen molar-refractivity contribution in [2.24, 2.45) is 0 Å². The van der Waals surface area contributed by atoms with E-state index in [9.17, 15) is 4.79 Å². The van der Waals surface area contributed by atoms with Gasteiger partial charge in [-0.15, -0.1) is 0 Å². The van der Waals surface area contributed by atoms with Crippen LogP contribution in [-0.2, 0) is 6.61 Å². The smallest absolute Gasteiger partial charge is 0.280 e. The molecule has 6 nitrogen and oxygen atoms in total. The van der Waals surface area contributed by atoms with Crippen LogP contribution < -0.4 is 14.8 Å². The van der Waals surface area contributed by atoms with Crippen LogP contribution in [0.5, 0.6) is 11.5 Å². The minimum absolute atomic E-state index is 0.195. The molecule has 0 aliphatic rings. The lowest BCUT2D eigenvalue weighted by Crippen LogP contribution is -2.15. The predicted molar refractivity (Wildman–Crippen MR) is 120 cm³/mol. The fourth-order valence-electron chi connectivity index (χ4n) is 3.15. The molecule has 0 fully saturated rings. The lowest BCUT2D eigenvalue weighted by atomic mass is 10.2. The molecule has 4 rings (SSSR count). The molecule has 0 radical (unpaired) electrons. The Bertz CT molecular complexity index is 1170. The second-order valence-electron chi connectivity index (χ2n) is 7.05. The van der Waals surface area contributed by atoms with Crippen LogP contribution in [0.25, 0.3) is 5.69 Å². The van der Waals surface area contributed by atoms with Crippen molar-refractivity contribution in [2.45, 2.75) is 13.5 Å². The summed E-state index contributed by atoms with van der Waals surface area (Å²) >= 11 is 0. The molecule has 1 heterocycles. The van der Waals surface area contributed by atoms with Gasteiger partial charge in [-0.25, -0.2) is 4.68 Å². The topological polar surface area (TPSA) is 65.4 Å². The summed E-state index contributed by atoms with van der Waals surface area (Å²) in [6.07, 6.45) is 1.69. The van der Waals surface area contributed by atoms with Crippen molar-refractivity contribution in [3.8, 4) is 17.2 Å². The van der Waals surface area contributed by atoms with Gasteiger partial charge >= 0.3 is 0 Å². The average molecular weight is 413 g/mol. The largest absolute Gasteiger partial charge is 0.493 e. The van der Waals surface area contributed by atoms with E-state index in [1.807, 2.05) is 85.8 Å². The van der Waals surface area contributed by atoms with Gasteiger partial charge in [-0.3, -0.25) is 4.79 Å². The molecule has 31 heavy (non-hydrogen) atoms. The zero-order valence-electron chi connectivity index (χ0n) is 17.4. The molecule has 1 amide bonds. The Balaban J connectivity index is 1.57. The quantitative estimate of drug-likeness (QED) is 0.462. The molecule has 0 aliphatic carbocycles. The number of rotatable bonds is 7. The summed E-state index contributed by atoms with van der Waals surface area (Å²) in [4.78, 5) is 13.0. The summed E-state index contributed by atoms with van der Waals surface area (Å²) in [6, 6.07) is 25.1. The molecule has 4 aromatic rings. The summed E-state index contributed by atoms with van der Waals surface area (Å²) in [5.41, 5.74) is 3.68. The molecular formula is C25H23N3O3. The van der Waals surface area contributed by atoms with Gasteiger partial charge in [-0.2, -0.15) is 5.10 Å². The number of aryl methyl sites for hydroxylation is 1. The molecule has 1 N–H and O–H groups in total. The van der Waals surface area contributed by atoms with Crippen molar-refractivity contribution >= 4 is 11.6 Å². The Hall–Kier alpha value is -4.06. The van der Waals surface area contributed by atoms with Gasteiger partial charge in [-0.1, -0.05) is 54.6 Å². The van der Waals surface area contributed by atoms with E-state index in [0.717, 1.165) is 16.8 Å². The van der Waals surface area contributed by atoms with Gasteiger partial charge in [-0.05, 0) is 42.3 Å². The number of nitrogens with zero attached hydrogens (tertiary/aromatic N) is 2. The number of carbonyl (C=O) groups is 1. The van der Waals surface area contributed by atoms with Crippen LogP contribution in [0.3, 0.4) is 0 Å². The normalized spacial score (nSPS) is 10.5. The Morgan fingerprint density at radius 3 is 2.39 bits per heavy atom. The lowest BCUT2D eigenvalue weighted by Gasteiger charge is -2.13. The number of hydrogen-bond donors (Lipinski definition) is 1. The van der Waals surface area contributed by atoms with Crippen molar-refractivity contribution in [3.05, 3.63) is 102 Å². The molecule has 0 bridgehead atoms. The highest BCUT2D eigenvalue weighted by Crippen LogP contribution is 2.28. The molecule has 0 unspecified atom stereocenters. The minimum atomic E-state index is -0.375. The van der Waals surface area contributed by atoms with E-state index in [1.165, 1.54) is 7.11 Å².